The fraction of sp³-hybridized carbons (Fsp3) is 0.562. The smallest absolute Gasteiger partial charge is 0.407 e. The monoisotopic (exact) mass is 294 g/mol. The molecule has 4 nitrogen and oxygen atoms in total. The average Bonchev–Trinajstić information content (AvgIpc) is 2.37. The molecular formula is C16H23FN2O2. The number of piperidine rings is 1. The molecule has 1 fully saturated rings. The number of benzene rings is 1. The first-order valence-corrected chi connectivity index (χ1v) is 7.29. The van der Waals surface area contributed by atoms with Crippen molar-refractivity contribution in [1.82, 2.24) is 4.90 Å². The minimum atomic E-state index is -0.862. The van der Waals surface area contributed by atoms with Crippen molar-refractivity contribution < 1.29 is 14.3 Å². The second kappa shape index (κ2) is 5.92. The molecule has 0 bridgehead atoms. The number of nitrogens with one attached hydrogen (secondary N) is 1. The summed E-state index contributed by atoms with van der Waals surface area (Å²) in [7, 11) is 0. The normalized spacial score (nSPS) is 23.0. The number of carbonyl (C=O) groups is 1. The Morgan fingerprint density at radius 2 is 2.14 bits per heavy atom. The highest BCUT2D eigenvalue weighted by Gasteiger charge is 2.38. The highest BCUT2D eigenvalue weighted by molar-refractivity contribution is 5.65. The molecule has 116 valence electrons. The number of hydrogen-bond acceptors (Lipinski definition) is 2. The number of likely N-dealkylation sites (tertiary alicyclic amines) is 1. The van der Waals surface area contributed by atoms with Gasteiger partial charge in [0.05, 0.1) is 0 Å². The van der Waals surface area contributed by atoms with Crippen molar-refractivity contribution in [3.63, 3.8) is 0 Å². The number of rotatable bonds is 2. The van der Waals surface area contributed by atoms with Gasteiger partial charge in [0.2, 0.25) is 0 Å². The third-order valence-electron chi connectivity index (χ3n) is 4.04. The van der Waals surface area contributed by atoms with Gasteiger partial charge < -0.3 is 15.3 Å². The topological polar surface area (TPSA) is 52.6 Å². The van der Waals surface area contributed by atoms with Crippen LogP contribution in [0.15, 0.2) is 24.3 Å². The first-order valence-electron chi connectivity index (χ1n) is 7.29. The van der Waals surface area contributed by atoms with Crippen LogP contribution in [-0.4, -0.2) is 34.7 Å². The maximum atomic E-state index is 13.2. The maximum absolute atomic E-state index is 13.2. The van der Waals surface area contributed by atoms with Gasteiger partial charge in [0, 0.05) is 24.3 Å². The van der Waals surface area contributed by atoms with E-state index < -0.39 is 6.09 Å². The third kappa shape index (κ3) is 3.86. The van der Waals surface area contributed by atoms with E-state index in [1.165, 1.54) is 17.0 Å². The van der Waals surface area contributed by atoms with E-state index in [4.69, 9.17) is 0 Å². The molecule has 0 saturated carbocycles. The Labute approximate surface area is 125 Å². The summed E-state index contributed by atoms with van der Waals surface area (Å²) in [6.45, 7) is 6.67. The first-order chi connectivity index (χ1) is 9.77. The van der Waals surface area contributed by atoms with Gasteiger partial charge in [-0.25, -0.2) is 9.18 Å². The van der Waals surface area contributed by atoms with Crippen LogP contribution in [0.1, 0.15) is 33.6 Å². The first kappa shape index (κ1) is 15.6. The van der Waals surface area contributed by atoms with Crippen molar-refractivity contribution in [3.8, 4) is 0 Å². The van der Waals surface area contributed by atoms with E-state index in [1.807, 2.05) is 6.07 Å². The SMILES string of the molecule is CC(C)(C)C1CC(Nc2cccc(F)c2)CCN1C(=O)O. The fourth-order valence-electron chi connectivity index (χ4n) is 2.96. The molecule has 0 radical (unpaired) electrons. The van der Waals surface area contributed by atoms with Crippen molar-refractivity contribution >= 4 is 11.8 Å². The Morgan fingerprint density at radius 3 is 2.71 bits per heavy atom. The van der Waals surface area contributed by atoms with Crippen molar-refractivity contribution in [2.75, 3.05) is 11.9 Å². The van der Waals surface area contributed by atoms with E-state index in [2.05, 4.69) is 26.1 Å². The predicted octanol–water partition coefficient (Wildman–Crippen LogP) is 3.79. The van der Waals surface area contributed by atoms with E-state index in [1.54, 1.807) is 6.07 Å². The van der Waals surface area contributed by atoms with Crippen molar-refractivity contribution in [2.24, 2.45) is 5.41 Å². The van der Waals surface area contributed by atoms with Gasteiger partial charge in [-0.2, -0.15) is 0 Å². The number of anilines is 1. The van der Waals surface area contributed by atoms with Gasteiger partial charge in [-0.1, -0.05) is 26.8 Å². The fourth-order valence-corrected chi connectivity index (χ4v) is 2.96. The standard InChI is InChI=1S/C16H23FN2O2/c1-16(2,3)14-10-13(7-8-19(14)15(20)21)18-12-6-4-5-11(17)9-12/h4-6,9,13-14,18H,7-8,10H2,1-3H3,(H,20,21). The van der Waals surface area contributed by atoms with E-state index in [0.717, 1.165) is 18.5 Å². The zero-order valence-electron chi connectivity index (χ0n) is 12.8. The van der Waals surface area contributed by atoms with Gasteiger partial charge in [-0.15, -0.1) is 0 Å². The van der Waals surface area contributed by atoms with Gasteiger partial charge in [0.25, 0.3) is 0 Å². The lowest BCUT2D eigenvalue weighted by molar-refractivity contribution is 0.0557. The molecule has 21 heavy (non-hydrogen) atoms. The predicted molar refractivity (Wildman–Crippen MR) is 81.0 cm³/mol. The minimum Gasteiger partial charge on any atom is -0.465 e. The van der Waals surface area contributed by atoms with Crippen LogP contribution in [0.3, 0.4) is 0 Å². The van der Waals surface area contributed by atoms with Crippen LogP contribution < -0.4 is 5.32 Å². The van der Waals surface area contributed by atoms with Gasteiger partial charge in [-0.3, -0.25) is 0 Å². The van der Waals surface area contributed by atoms with Crippen LogP contribution in [0, 0.1) is 11.2 Å². The van der Waals surface area contributed by atoms with Crippen LogP contribution in [0.25, 0.3) is 0 Å². The average molecular weight is 294 g/mol. The molecule has 5 heteroatoms. The summed E-state index contributed by atoms with van der Waals surface area (Å²) in [5.74, 6) is -0.268. The summed E-state index contributed by atoms with van der Waals surface area (Å²) in [6, 6.07) is 6.50. The molecule has 1 aliphatic heterocycles. The summed E-state index contributed by atoms with van der Waals surface area (Å²) in [4.78, 5) is 12.9. The summed E-state index contributed by atoms with van der Waals surface area (Å²) in [5, 5.41) is 12.7. The Balaban J connectivity index is 2.09. The molecule has 2 N–H and O–H groups in total. The molecular weight excluding hydrogens is 271 g/mol. The van der Waals surface area contributed by atoms with Crippen molar-refractivity contribution in [3.05, 3.63) is 30.1 Å². The number of amides is 1. The van der Waals surface area contributed by atoms with E-state index in [9.17, 15) is 14.3 Å². The van der Waals surface area contributed by atoms with E-state index in [-0.39, 0.29) is 23.3 Å². The van der Waals surface area contributed by atoms with Gasteiger partial charge in [-0.05, 0) is 36.5 Å². The molecule has 1 saturated heterocycles. The van der Waals surface area contributed by atoms with E-state index >= 15 is 0 Å². The molecule has 1 heterocycles. The molecule has 1 aliphatic rings. The summed E-state index contributed by atoms with van der Waals surface area (Å²) >= 11 is 0. The summed E-state index contributed by atoms with van der Waals surface area (Å²) in [5.41, 5.74) is 0.622. The van der Waals surface area contributed by atoms with Crippen molar-refractivity contribution in [1.29, 1.82) is 0 Å². The number of halogens is 1. The van der Waals surface area contributed by atoms with Crippen LogP contribution in [0.2, 0.25) is 0 Å². The Morgan fingerprint density at radius 1 is 1.43 bits per heavy atom. The quantitative estimate of drug-likeness (QED) is 0.872. The van der Waals surface area contributed by atoms with E-state index in [0.29, 0.717) is 6.54 Å². The lowest BCUT2D eigenvalue weighted by Gasteiger charge is -2.44. The lowest BCUT2D eigenvalue weighted by Crippen LogP contribution is -2.54. The number of nitrogens with zero attached hydrogens (tertiary/aromatic N) is 1. The largest absolute Gasteiger partial charge is 0.465 e. The molecule has 0 spiro atoms. The highest BCUT2D eigenvalue weighted by atomic mass is 19.1. The molecule has 1 amide bonds. The molecule has 2 atom stereocenters. The van der Waals surface area contributed by atoms with Gasteiger partial charge in [0.1, 0.15) is 5.82 Å². The van der Waals surface area contributed by atoms with Crippen LogP contribution in [0.4, 0.5) is 14.9 Å². The molecule has 1 aromatic carbocycles. The van der Waals surface area contributed by atoms with Gasteiger partial charge in [0.15, 0.2) is 0 Å². The highest BCUT2D eigenvalue weighted by Crippen LogP contribution is 2.33. The Kier molecular flexibility index (Phi) is 4.40. The van der Waals surface area contributed by atoms with Crippen LogP contribution >= 0.6 is 0 Å². The maximum Gasteiger partial charge on any atom is 0.407 e. The molecule has 2 unspecified atom stereocenters. The lowest BCUT2D eigenvalue weighted by atomic mass is 9.79. The van der Waals surface area contributed by atoms with Gasteiger partial charge >= 0.3 is 6.09 Å². The van der Waals surface area contributed by atoms with Crippen LogP contribution in [-0.2, 0) is 0 Å². The zero-order chi connectivity index (χ0) is 15.6. The minimum absolute atomic E-state index is 0.0465. The Bertz CT molecular complexity index is 513. The summed E-state index contributed by atoms with van der Waals surface area (Å²) in [6.07, 6.45) is 0.598. The second-order valence-electron chi connectivity index (χ2n) is 6.73. The Hall–Kier alpha value is -1.78. The third-order valence-corrected chi connectivity index (χ3v) is 4.04. The molecule has 0 aromatic heterocycles. The number of hydrogen-bond donors (Lipinski definition) is 2. The molecule has 2 rings (SSSR count). The molecule has 0 aliphatic carbocycles. The van der Waals surface area contributed by atoms with Crippen molar-refractivity contribution in [2.45, 2.75) is 45.7 Å². The second-order valence-corrected chi connectivity index (χ2v) is 6.73. The summed E-state index contributed by atoms with van der Waals surface area (Å²) < 4.78 is 13.2. The molecule has 1 aromatic rings. The van der Waals surface area contributed by atoms with Crippen LogP contribution in [0.5, 0.6) is 0 Å². The zero-order valence-corrected chi connectivity index (χ0v) is 12.8. The number of carboxylic acid groups (broad SMARTS) is 1.